The third-order valence-electron chi connectivity index (χ3n) is 2.91. The van der Waals surface area contributed by atoms with E-state index < -0.39 is 0 Å². The molecule has 0 saturated heterocycles. The number of hydrogen-bond acceptors (Lipinski definition) is 2. The van der Waals surface area contributed by atoms with Crippen LogP contribution in [0.4, 0.5) is 0 Å². The van der Waals surface area contributed by atoms with Crippen molar-refractivity contribution in [2.75, 3.05) is 26.7 Å². The largest absolute Gasteiger partial charge is 0.497 e. The summed E-state index contributed by atoms with van der Waals surface area (Å²) < 4.78 is 5.23. The van der Waals surface area contributed by atoms with Crippen LogP contribution in [-0.2, 0) is 6.42 Å². The predicted octanol–water partition coefficient (Wildman–Crippen LogP) is 2.59. The van der Waals surface area contributed by atoms with Gasteiger partial charge in [-0.25, -0.2) is 0 Å². The number of methoxy groups -OCH3 is 1. The van der Waals surface area contributed by atoms with Crippen LogP contribution in [-0.4, -0.2) is 32.7 Å². The molecule has 0 aliphatic rings. The number of nitrogens with zero attached hydrogens (tertiary/aromatic N) is 1. The van der Waals surface area contributed by atoms with Crippen LogP contribution in [0, 0.1) is 0 Å². The maximum Gasteiger partial charge on any atom is 0.191 e. The van der Waals surface area contributed by atoms with Crippen molar-refractivity contribution in [3.05, 3.63) is 29.8 Å². The molecule has 0 aromatic heterocycles. The molecule has 0 radical (unpaired) electrons. The van der Waals surface area contributed by atoms with Crippen LogP contribution in [0.25, 0.3) is 0 Å². The normalized spacial score (nSPS) is 11.2. The van der Waals surface area contributed by atoms with E-state index in [9.17, 15) is 0 Å². The van der Waals surface area contributed by atoms with Crippen LogP contribution in [0.1, 0.15) is 32.3 Å². The quantitative estimate of drug-likeness (QED) is 0.436. The molecule has 0 saturated carbocycles. The van der Waals surface area contributed by atoms with Gasteiger partial charge in [0.05, 0.1) is 7.11 Å². The minimum Gasteiger partial charge on any atom is -0.497 e. The number of guanidine groups is 1. The van der Waals surface area contributed by atoms with E-state index in [2.05, 4.69) is 41.6 Å². The number of benzene rings is 1. The molecule has 0 aliphatic carbocycles. The summed E-state index contributed by atoms with van der Waals surface area (Å²) in [6.07, 6.45) is 3.18. The van der Waals surface area contributed by atoms with Crippen LogP contribution in [0.15, 0.2) is 29.3 Å². The molecule has 0 fully saturated rings. The summed E-state index contributed by atoms with van der Waals surface area (Å²) in [6.45, 7) is 6.90. The summed E-state index contributed by atoms with van der Waals surface area (Å²) in [7, 11) is 1.70. The molecule has 4 heteroatoms. The molecule has 0 amide bonds. The van der Waals surface area contributed by atoms with Gasteiger partial charge in [0.2, 0.25) is 0 Å². The summed E-state index contributed by atoms with van der Waals surface area (Å²) in [5.41, 5.74) is 1.31. The number of nitrogens with one attached hydrogen (secondary N) is 2. The average Bonchev–Trinajstić information content (AvgIpc) is 2.49. The first-order chi connectivity index (χ1) is 9.80. The van der Waals surface area contributed by atoms with Crippen LogP contribution >= 0.6 is 0 Å². The molecule has 2 N–H and O–H groups in total. The summed E-state index contributed by atoms with van der Waals surface area (Å²) >= 11 is 0. The van der Waals surface area contributed by atoms with Crippen molar-refractivity contribution in [2.45, 2.75) is 33.1 Å². The predicted molar refractivity (Wildman–Crippen MR) is 85.6 cm³/mol. The molecule has 0 unspecified atom stereocenters. The Labute approximate surface area is 122 Å². The highest BCUT2D eigenvalue weighted by Gasteiger charge is 1.98. The fourth-order valence-electron chi connectivity index (χ4n) is 1.89. The lowest BCUT2D eigenvalue weighted by atomic mass is 10.1. The van der Waals surface area contributed by atoms with Crippen molar-refractivity contribution in [2.24, 2.45) is 4.99 Å². The third kappa shape index (κ3) is 6.45. The van der Waals surface area contributed by atoms with Crippen LogP contribution in [0.2, 0.25) is 0 Å². The van der Waals surface area contributed by atoms with Gasteiger partial charge in [-0.2, -0.15) is 0 Å². The Morgan fingerprint density at radius 1 is 1.25 bits per heavy atom. The van der Waals surface area contributed by atoms with Gasteiger partial charge in [-0.05, 0) is 43.9 Å². The summed E-state index contributed by atoms with van der Waals surface area (Å²) in [5, 5.41) is 6.62. The fourth-order valence-corrected chi connectivity index (χ4v) is 1.89. The van der Waals surface area contributed by atoms with E-state index in [0.29, 0.717) is 0 Å². The molecule has 4 nitrogen and oxygen atoms in total. The van der Waals surface area contributed by atoms with Crippen LogP contribution in [0.5, 0.6) is 5.75 Å². The number of aryl methyl sites for hydroxylation is 1. The average molecular weight is 277 g/mol. The first-order valence-electron chi connectivity index (χ1n) is 7.45. The molecule has 0 spiro atoms. The van der Waals surface area contributed by atoms with Crippen molar-refractivity contribution in [3.63, 3.8) is 0 Å². The Morgan fingerprint density at radius 2 is 2.10 bits per heavy atom. The lowest BCUT2D eigenvalue weighted by Gasteiger charge is -2.11. The number of hydrogen-bond donors (Lipinski definition) is 2. The van der Waals surface area contributed by atoms with Gasteiger partial charge in [-0.3, -0.25) is 4.99 Å². The first kappa shape index (κ1) is 16.3. The Kier molecular flexibility index (Phi) is 8.27. The minimum absolute atomic E-state index is 0.866. The lowest BCUT2D eigenvalue weighted by molar-refractivity contribution is 0.414. The zero-order chi connectivity index (χ0) is 14.6. The van der Waals surface area contributed by atoms with E-state index in [0.717, 1.165) is 50.6 Å². The second-order valence-electron chi connectivity index (χ2n) is 4.64. The van der Waals surface area contributed by atoms with E-state index in [1.165, 1.54) is 5.56 Å². The van der Waals surface area contributed by atoms with E-state index >= 15 is 0 Å². The highest BCUT2D eigenvalue weighted by atomic mass is 16.5. The SMILES string of the molecule is CCCN=C(NCC)NCCCc1cccc(OC)c1. The molecular formula is C16H27N3O. The fraction of sp³-hybridized carbons (Fsp3) is 0.562. The second-order valence-corrected chi connectivity index (χ2v) is 4.64. The number of rotatable bonds is 8. The number of aliphatic imine (C=N–C) groups is 1. The lowest BCUT2D eigenvalue weighted by Crippen LogP contribution is -2.38. The van der Waals surface area contributed by atoms with Crippen molar-refractivity contribution in [3.8, 4) is 5.75 Å². The van der Waals surface area contributed by atoms with E-state index in [-0.39, 0.29) is 0 Å². The van der Waals surface area contributed by atoms with Gasteiger partial charge in [0.1, 0.15) is 5.75 Å². The highest BCUT2D eigenvalue weighted by Crippen LogP contribution is 2.13. The molecule has 1 rings (SSSR count). The summed E-state index contributed by atoms with van der Waals surface area (Å²) in [5.74, 6) is 1.84. The highest BCUT2D eigenvalue weighted by molar-refractivity contribution is 5.79. The van der Waals surface area contributed by atoms with Gasteiger partial charge in [-0.15, -0.1) is 0 Å². The van der Waals surface area contributed by atoms with E-state index in [4.69, 9.17) is 4.74 Å². The van der Waals surface area contributed by atoms with Gasteiger partial charge in [0.15, 0.2) is 5.96 Å². The number of ether oxygens (including phenoxy) is 1. The van der Waals surface area contributed by atoms with Gasteiger partial charge in [-0.1, -0.05) is 19.1 Å². The van der Waals surface area contributed by atoms with Crippen molar-refractivity contribution in [1.29, 1.82) is 0 Å². The Hall–Kier alpha value is -1.71. The molecule has 0 atom stereocenters. The second kappa shape index (κ2) is 10.1. The van der Waals surface area contributed by atoms with Crippen LogP contribution < -0.4 is 15.4 Å². The molecule has 20 heavy (non-hydrogen) atoms. The monoisotopic (exact) mass is 277 g/mol. The standard InChI is InChI=1S/C16H27N3O/c1-4-11-18-16(17-5-2)19-12-7-9-14-8-6-10-15(13-14)20-3/h6,8,10,13H,4-5,7,9,11-12H2,1-3H3,(H2,17,18,19). The maximum absolute atomic E-state index is 5.23. The third-order valence-corrected chi connectivity index (χ3v) is 2.91. The van der Waals surface area contributed by atoms with Gasteiger partial charge < -0.3 is 15.4 Å². The van der Waals surface area contributed by atoms with Crippen molar-refractivity contribution < 1.29 is 4.74 Å². The topological polar surface area (TPSA) is 45.7 Å². The maximum atomic E-state index is 5.23. The molecule has 112 valence electrons. The Morgan fingerprint density at radius 3 is 2.80 bits per heavy atom. The zero-order valence-electron chi connectivity index (χ0n) is 12.9. The first-order valence-corrected chi connectivity index (χ1v) is 7.45. The summed E-state index contributed by atoms with van der Waals surface area (Å²) in [4.78, 5) is 4.48. The molecule has 0 bridgehead atoms. The molecule has 1 aromatic rings. The smallest absolute Gasteiger partial charge is 0.191 e. The van der Waals surface area contributed by atoms with Crippen molar-refractivity contribution in [1.82, 2.24) is 10.6 Å². The van der Waals surface area contributed by atoms with E-state index in [1.54, 1.807) is 7.11 Å². The molecule has 0 aliphatic heterocycles. The van der Waals surface area contributed by atoms with E-state index in [1.807, 2.05) is 12.1 Å². The Balaban J connectivity index is 2.32. The van der Waals surface area contributed by atoms with Gasteiger partial charge in [0.25, 0.3) is 0 Å². The zero-order valence-corrected chi connectivity index (χ0v) is 12.9. The van der Waals surface area contributed by atoms with Gasteiger partial charge in [0, 0.05) is 19.6 Å². The Bertz CT molecular complexity index is 404. The molecular weight excluding hydrogens is 250 g/mol. The van der Waals surface area contributed by atoms with Gasteiger partial charge >= 0.3 is 0 Å². The van der Waals surface area contributed by atoms with Crippen LogP contribution in [0.3, 0.4) is 0 Å². The summed E-state index contributed by atoms with van der Waals surface area (Å²) in [6, 6.07) is 8.24. The molecule has 0 heterocycles. The van der Waals surface area contributed by atoms with Crippen molar-refractivity contribution >= 4 is 5.96 Å². The molecule has 1 aromatic carbocycles. The minimum atomic E-state index is 0.866.